The van der Waals surface area contributed by atoms with E-state index >= 15 is 0 Å². The van der Waals surface area contributed by atoms with Crippen molar-refractivity contribution in [2.75, 3.05) is 0 Å². The van der Waals surface area contributed by atoms with Gasteiger partial charge in [-0.2, -0.15) is 21.0 Å². The lowest BCUT2D eigenvalue weighted by Gasteiger charge is -2.41. The lowest BCUT2D eigenvalue weighted by Crippen LogP contribution is -2.49. The first kappa shape index (κ1) is 14.3. The molecule has 1 spiro atoms. The van der Waals surface area contributed by atoms with Crippen molar-refractivity contribution in [1.82, 2.24) is 0 Å². The highest BCUT2D eigenvalue weighted by Gasteiger charge is 2.84. The van der Waals surface area contributed by atoms with Gasteiger partial charge in [-0.3, -0.25) is 0 Å². The van der Waals surface area contributed by atoms with Gasteiger partial charge < -0.3 is 0 Å². The largest absolute Gasteiger partial charge is 0.196 e. The van der Waals surface area contributed by atoms with E-state index in [0.717, 1.165) is 32.1 Å². The topological polar surface area (TPSA) is 95.2 Å². The average molecular weight is 302 g/mol. The Morgan fingerprint density at radius 2 is 1.30 bits per heavy atom. The third-order valence-corrected chi connectivity index (χ3v) is 7.09. The molecule has 23 heavy (non-hydrogen) atoms. The van der Waals surface area contributed by atoms with Gasteiger partial charge in [-0.25, -0.2) is 0 Å². The molecule has 114 valence electrons. The quantitative estimate of drug-likeness (QED) is 0.728. The van der Waals surface area contributed by atoms with Gasteiger partial charge in [0.1, 0.15) is 0 Å². The molecule has 3 fully saturated rings. The van der Waals surface area contributed by atoms with Crippen molar-refractivity contribution in [2.45, 2.75) is 44.9 Å². The van der Waals surface area contributed by atoms with Gasteiger partial charge in [0, 0.05) is 10.8 Å². The molecule has 0 aromatic rings. The molecule has 0 radical (unpaired) electrons. The second kappa shape index (κ2) is 4.16. The van der Waals surface area contributed by atoms with E-state index in [1.165, 1.54) is 0 Å². The van der Waals surface area contributed by atoms with Crippen molar-refractivity contribution in [2.24, 2.45) is 33.5 Å². The predicted octanol–water partition coefficient (Wildman–Crippen LogP) is 3.60. The molecule has 0 heterocycles. The van der Waals surface area contributed by atoms with E-state index in [9.17, 15) is 21.0 Å². The van der Waals surface area contributed by atoms with E-state index < -0.39 is 21.7 Å². The fraction of sp³-hybridized carbons (Fsp3) is 0.684. The van der Waals surface area contributed by atoms with Gasteiger partial charge in [0.05, 0.1) is 24.3 Å². The van der Waals surface area contributed by atoms with Gasteiger partial charge in [0.25, 0.3) is 0 Å². The normalized spacial score (nSPS) is 35.1. The van der Waals surface area contributed by atoms with Crippen molar-refractivity contribution >= 4 is 0 Å². The Morgan fingerprint density at radius 1 is 0.783 bits per heavy atom. The van der Waals surface area contributed by atoms with Crippen LogP contribution in [0.5, 0.6) is 0 Å². The molecule has 1 atom stereocenters. The highest BCUT2D eigenvalue weighted by molar-refractivity contribution is 5.50. The molecule has 4 aliphatic carbocycles. The molecule has 0 saturated heterocycles. The maximum Gasteiger partial charge on any atom is 0.184 e. The van der Waals surface area contributed by atoms with E-state index in [1.54, 1.807) is 0 Å². The standard InChI is InChI=1S/C19H18N4/c20-10-17(11-21)16(7-1-2-8-16)9-19(14-3-4-14,15-5-6-15)18(17,12-22)13-23/h1,7,14-15H,2-6,8-9H2. The van der Waals surface area contributed by atoms with Crippen molar-refractivity contribution in [3.63, 3.8) is 0 Å². The smallest absolute Gasteiger partial charge is 0.184 e. The summed E-state index contributed by atoms with van der Waals surface area (Å²) < 4.78 is 0. The molecule has 0 N–H and O–H groups in total. The number of hydrogen-bond donors (Lipinski definition) is 0. The van der Waals surface area contributed by atoms with Crippen LogP contribution in [-0.4, -0.2) is 0 Å². The zero-order valence-corrected chi connectivity index (χ0v) is 13.0. The molecule has 4 rings (SSSR count). The van der Waals surface area contributed by atoms with E-state index in [-0.39, 0.29) is 0 Å². The summed E-state index contributed by atoms with van der Waals surface area (Å²) in [7, 11) is 0. The first-order valence-corrected chi connectivity index (χ1v) is 8.45. The summed E-state index contributed by atoms with van der Waals surface area (Å²) in [5.74, 6) is 0.646. The fourth-order valence-corrected chi connectivity index (χ4v) is 5.95. The number of allylic oxidation sites excluding steroid dienone is 2. The third kappa shape index (κ3) is 1.27. The highest BCUT2D eigenvalue weighted by atomic mass is 14.8. The summed E-state index contributed by atoms with van der Waals surface area (Å²) in [5, 5.41) is 40.4. The zero-order valence-electron chi connectivity index (χ0n) is 13.0. The Hall–Kier alpha value is -2.30. The first-order chi connectivity index (χ1) is 11.1. The van der Waals surface area contributed by atoms with Gasteiger partial charge in [-0.1, -0.05) is 12.2 Å². The molecule has 4 nitrogen and oxygen atoms in total. The van der Waals surface area contributed by atoms with Gasteiger partial charge in [0.2, 0.25) is 0 Å². The summed E-state index contributed by atoms with van der Waals surface area (Å²) in [5.41, 5.74) is -4.17. The summed E-state index contributed by atoms with van der Waals surface area (Å²) in [6.07, 6.45) is 10.3. The minimum atomic E-state index is -1.55. The van der Waals surface area contributed by atoms with Crippen LogP contribution in [0, 0.1) is 78.8 Å². The maximum absolute atomic E-state index is 10.1. The van der Waals surface area contributed by atoms with Crippen LogP contribution in [0.2, 0.25) is 0 Å². The predicted molar refractivity (Wildman–Crippen MR) is 80.6 cm³/mol. The summed E-state index contributed by atoms with van der Waals surface area (Å²) in [6.45, 7) is 0. The summed E-state index contributed by atoms with van der Waals surface area (Å²) in [6, 6.07) is 8.96. The molecule has 0 aromatic heterocycles. The van der Waals surface area contributed by atoms with Crippen molar-refractivity contribution in [1.29, 1.82) is 21.0 Å². The van der Waals surface area contributed by atoms with Crippen LogP contribution in [0.15, 0.2) is 12.2 Å². The third-order valence-electron chi connectivity index (χ3n) is 7.09. The maximum atomic E-state index is 10.1. The molecular formula is C19H18N4. The van der Waals surface area contributed by atoms with Gasteiger partial charge in [-0.05, 0) is 56.8 Å². The SMILES string of the molecule is N#CC1(C#N)C2(C=CCC2)CC(C2CC2)(C2CC2)C1(C#N)C#N. The van der Waals surface area contributed by atoms with Crippen LogP contribution in [0.1, 0.15) is 44.9 Å². The summed E-state index contributed by atoms with van der Waals surface area (Å²) in [4.78, 5) is 0. The lowest BCUT2D eigenvalue weighted by atomic mass is 9.52. The van der Waals surface area contributed by atoms with Gasteiger partial charge in [-0.15, -0.1) is 0 Å². The zero-order chi connectivity index (χ0) is 16.3. The van der Waals surface area contributed by atoms with Gasteiger partial charge in [0.15, 0.2) is 10.8 Å². The van der Waals surface area contributed by atoms with Crippen LogP contribution >= 0.6 is 0 Å². The highest BCUT2D eigenvalue weighted by Crippen LogP contribution is 2.81. The number of nitriles is 4. The van der Waals surface area contributed by atoms with Crippen LogP contribution in [0.4, 0.5) is 0 Å². The van der Waals surface area contributed by atoms with Crippen molar-refractivity contribution < 1.29 is 0 Å². The molecule has 4 heteroatoms. The minimum Gasteiger partial charge on any atom is -0.196 e. The summed E-state index contributed by atoms with van der Waals surface area (Å²) >= 11 is 0. The van der Waals surface area contributed by atoms with Crippen LogP contribution < -0.4 is 0 Å². The van der Waals surface area contributed by atoms with Crippen molar-refractivity contribution in [3.05, 3.63) is 12.2 Å². The molecular weight excluding hydrogens is 284 g/mol. The Bertz CT molecular complexity index is 717. The second-order valence-corrected chi connectivity index (χ2v) is 7.81. The van der Waals surface area contributed by atoms with Crippen LogP contribution in [-0.2, 0) is 0 Å². The molecule has 0 amide bonds. The first-order valence-electron chi connectivity index (χ1n) is 8.45. The Labute approximate surface area is 136 Å². The van der Waals surface area contributed by atoms with Crippen LogP contribution in [0.25, 0.3) is 0 Å². The van der Waals surface area contributed by atoms with Gasteiger partial charge >= 0.3 is 0 Å². The second-order valence-electron chi connectivity index (χ2n) is 7.81. The van der Waals surface area contributed by atoms with E-state index in [2.05, 4.69) is 24.3 Å². The van der Waals surface area contributed by atoms with Crippen LogP contribution in [0.3, 0.4) is 0 Å². The Kier molecular flexibility index (Phi) is 2.59. The average Bonchev–Trinajstić information content (AvgIpc) is 3.51. The molecule has 0 aliphatic heterocycles. The molecule has 3 saturated carbocycles. The number of nitrogens with zero attached hydrogens (tertiary/aromatic N) is 4. The fourth-order valence-electron chi connectivity index (χ4n) is 5.95. The van der Waals surface area contributed by atoms with Crippen molar-refractivity contribution in [3.8, 4) is 24.3 Å². The van der Waals surface area contributed by atoms with E-state index in [4.69, 9.17) is 0 Å². The molecule has 4 aliphatic rings. The lowest BCUT2D eigenvalue weighted by molar-refractivity contribution is 0.0818. The number of hydrogen-bond acceptors (Lipinski definition) is 4. The van der Waals surface area contributed by atoms with E-state index in [1.807, 2.05) is 12.2 Å². The number of rotatable bonds is 2. The Balaban J connectivity index is 2.06. The monoisotopic (exact) mass is 302 g/mol. The molecule has 0 bridgehead atoms. The van der Waals surface area contributed by atoms with E-state index in [0.29, 0.717) is 24.7 Å². The minimum absolute atomic E-state index is 0.323. The Morgan fingerprint density at radius 3 is 1.65 bits per heavy atom. The molecule has 1 unspecified atom stereocenters. The molecule has 0 aromatic carbocycles.